The third-order valence-corrected chi connectivity index (χ3v) is 5.39. The van der Waals surface area contributed by atoms with Crippen LogP contribution in [0.2, 0.25) is 0 Å². The molecule has 1 fully saturated rings. The monoisotopic (exact) mass is 455 g/mol. The van der Waals surface area contributed by atoms with Crippen LogP contribution in [0.1, 0.15) is 19.4 Å². The molecule has 1 aromatic heterocycles. The van der Waals surface area contributed by atoms with Gasteiger partial charge in [-0.2, -0.15) is 0 Å². The summed E-state index contributed by atoms with van der Waals surface area (Å²) in [5.74, 6) is -0.916. The van der Waals surface area contributed by atoms with Crippen molar-refractivity contribution in [2.45, 2.75) is 32.3 Å². The second-order valence-electron chi connectivity index (χ2n) is 8.03. The van der Waals surface area contributed by atoms with Gasteiger partial charge in [-0.05, 0) is 55.8 Å². The molecule has 0 unspecified atom stereocenters. The zero-order valence-corrected chi connectivity index (χ0v) is 17.8. The number of pyridine rings is 1. The molecule has 3 aromatic rings. The first-order valence-electron chi connectivity index (χ1n) is 10.1. The molecule has 2 aromatic carbocycles. The molecule has 0 radical (unpaired) electrons. The van der Waals surface area contributed by atoms with Crippen molar-refractivity contribution >= 4 is 17.6 Å². The van der Waals surface area contributed by atoms with Gasteiger partial charge in [-0.3, -0.25) is 9.78 Å². The SMILES string of the molecule is CC1(C)C(=O)N(c2ccc(OC(F)(F)F)cc2)C(=O)N1Cc1ccnc(-c2ccccc2)c1. The Morgan fingerprint density at radius 3 is 2.27 bits per heavy atom. The molecule has 0 bridgehead atoms. The molecular weight excluding hydrogens is 435 g/mol. The van der Waals surface area contributed by atoms with E-state index in [4.69, 9.17) is 0 Å². The Morgan fingerprint density at radius 2 is 1.64 bits per heavy atom. The van der Waals surface area contributed by atoms with Gasteiger partial charge in [-0.1, -0.05) is 30.3 Å². The molecule has 3 amide bonds. The molecule has 1 aliphatic rings. The molecule has 6 nitrogen and oxygen atoms in total. The van der Waals surface area contributed by atoms with Gasteiger partial charge in [0.2, 0.25) is 0 Å². The Labute approximate surface area is 188 Å². The highest BCUT2D eigenvalue weighted by Crippen LogP contribution is 2.35. The van der Waals surface area contributed by atoms with Crippen molar-refractivity contribution in [1.29, 1.82) is 0 Å². The normalized spacial score (nSPS) is 15.8. The van der Waals surface area contributed by atoms with Gasteiger partial charge < -0.3 is 9.64 Å². The van der Waals surface area contributed by atoms with Crippen molar-refractivity contribution in [3.63, 3.8) is 0 Å². The lowest BCUT2D eigenvalue weighted by molar-refractivity contribution is -0.274. The fourth-order valence-corrected chi connectivity index (χ4v) is 3.65. The first kappa shape index (κ1) is 22.3. The van der Waals surface area contributed by atoms with Gasteiger partial charge in [0.05, 0.1) is 11.4 Å². The molecule has 2 heterocycles. The minimum absolute atomic E-state index is 0.158. The first-order valence-corrected chi connectivity index (χ1v) is 10.1. The number of amides is 3. The number of aromatic nitrogens is 1. The van der Waals surface area contributed by atoms with E-state index in [-0.39, 0.29) is 12.2 Å². The standard InChI is InChI=1S/C24H20F3N3O3/c1-23(2)21(31)30(18-8-10-19(11-9-18)33-24(25,26)27)22(32)29(23)15-16-12-13-28-20(14-16)17-6-4-3-5-7-17/h3-14H,15H2,1-2H3. The molecule has 0 atom stereocenters. The summed E-state index contributed by atoms with van der Waals surface area (Å²) in [4.78, 5) is 33.1. The van der Waals surface area contributed by atoms with Crippen LogP contribution >= 0.6 is 0 Å². The fraction of sp³-hybridized carbons (Fsp3) is 0.208. The Bertz CT molecular complexity index is 1180. The zero-order valence-electron chi connectivity index (χ0n) is 17.8. The number of hydrogen-bond acceptors (Lipinski definition) is 4. The van der Waals surface area contributed by atoms with Crippen molar-refractivity contribution in [1.82, 2.24) is 9.88 Å². The van der Waals surface area contributed by atoms with Crippen molar-refractivity contribution in [3.8, 4) is 17.0 Å². The van der Waals surface area contributed by atoms with Crippen molar-refractivity contribution in [2.24, 2.45) is 0 Å². The van der Waals surface area contributed by atoms with Gasteiger partial charge in [0.15, 0.2) is 0 Å². The second kappa shape index (κ2) is 8.23. The quantitative estimate of drug-likeness (QED) is 0.484. The van der Waals surface area contributed by atoms with Gasteiger partial charge in [-0.15, -0.1) is 13.2 Å². The molecule has 33 heavy (non-hydrogen) atoms. The van der Waals surface area contributed by atoms with Crippen LogP contribution < -0.4 is 9.64 Å². The number of imide groups is 1. The molecule has 4 rings (SSSR count). The van der Waals surface area contributed by atoms with Crippen molar-refractivity contribution in [3.05, 3.63) is 78.5 Å². The summed E-state index contributed by atoms with van der Waals surface area (Å²) in [6, 6.07) is 17.2. The number of benzene rings is 2. The lowest BCUT2D eigenvalue weighted by Crippen LogP contribution is -2.43. The zero-order chi connectivity index (χ0) is 23.8. The summed E-state index contributed by atoms with van der Waals surface area (Å²) in [5.41, 5.74) is 1.45. The first-order chi connectivity index (χ1) is 15.6. The van der Waals surface area contributed by atoms with Crippen LogP contribution in [0.4, 0.5) is 23.7 Å². The number of urea groups is 1. The van der Waals surface area contributed by atoms with Gasteiger partial charge in [0.25, 0.3) is 5.91 Å². The van der Waals surface area contributed by atoms with Crippen molar-refractivity contribution in [2.75, 3.05) is 4.90 Å². The predicted octanol–water partition coefficient (Wildman–Crippen LogP) is 5.39. The Kier molecular flexibility index (Phi) is 5.57. The number of hydrogen-bond donors (Lipinski definition) is 0. The molecule has 170 valence electrons. The number of rotatable bonds is 5. The molecule has 0 saturated carbocycles. The largest absolute Gasteiger partial charge is 0.573 e. The van der Waals surface area contributed by atoms with Crippen LogP contribution in [0.3, 0.4) is 0 Å². The highest BCUT2D eigenvalue weighted by molar-refractivity contribution is 6.22. The molecule has 0 aliphatic carbocycles. The number of halogens is 3. The number of carbonyl (C=O) groups excluding carboxylic acids is 2. The average Bonchev–Trinajstić information content (AvgIpc) is 2.94. The number of alkyl halides is 3. The van der Waals surface area contributed by atoms with Crippen LogP contribution in [-0.2, 0) is 11.3 Å². The summed E-state index contributed by atoms with van der Waals surface area (Å²) >= 11 is 0. The van der Waals surface area contributed by atoms with Gasteiger partial charge >= 0.3 is 12.4 Å². The van der Waals surface area contributed by atoms with Gasteiger partial charge in [0.1, 0.15) is 11.3 Å². The smallest absolute Gasteiger partial charge is 0.406 e. The molecule has 1 aliphatic heterocycles. The van der Waals surface area contributed by atoms with Gasteiger partial charge in [0, 0.05) is 18.3 Å². The van der Waals surface area contributed by atoms with E-state index in [0.29, 0.717) is 0 Å². The maximum absolute atomic E-state index is 13.2. The summed E-state index contributed by atoms with van der Waals surface area (Å²) < 4.78 is 41.1. The second-order valence-corrected chi connectivity index (χ2v) is 8.03. The Hall–Kier alpha value is -3.88. The molecule has 0 spiro atoms. The maximum atomic E-state index is 13.2. The van der Waals surface area contributed by atoms with Crippen LogP contribution in [0.25, 0.3) is 11.3 Å². The van der Waals surface area contributed by atoms with E-state index in [0.717, 1.165) is 33.9 Å². The lowest BCUT2D eigenvalue weighted by atomic mass is 10.0. The number of carbonyl (C=O) groups is 2. The Balaban J connectivity index is 1.58. The molecule has 0 N–H and O–H groups in total. The van der Waals surface area contributed by atoms with E-state index in [1.54, 1.807) is 26.1 Å². The van der Waals surface area contributed by atoms with E-state index < -0.39 is 29.6 Å². The van der Waals surface area contributed by atoms with E-state index >= 15 is 0 Å². The maximum Gasteiger partial charge on any atom is 0.573 e. The average molecular weight is 455 g/mol. The summed E-state index contributed by atoms with van der Waals surface area (Å²) in [6.07, 6.45) is -3.19. The minimum atomic E-state index is -4.83. The third kappa shape index (κ3) is 4.52. The van der Waals surface area contributed by atoms with Crippen molar-refractivity contribution < 1.29 is 27.5 Å². The molecule has 9 heteroatoms. The number of anilines is 1. The van der Waals surface area contributed by atoms with Crippen LogP contribution in [-0.4, -0.2) is 33.7 Å². The van der Waals surface area contributed by atoms with E-state index in [1.807, 2.05) is 36.4 Å². The minimum Gasteiger partial charge on any atom is -0.406 e. The molecule has 1 saturated heterocycles. The summed E-state index contributed by atoms with van der Waals surface area (Å²) in [5, 5.41) is 0. The molecular formula is C24H20F3N3O3. The lowest BCUT2D eigenvalue weighted by Gasteiger charge is -2.27. The van der Waals surface area contributed by atoms with Crippen LogP contribution in [0.5, 0.6) is 5.75 Å². The highest BCUT2D eigenvalue weighted by atomic mass is 19.4. The number of nitrogens with zero attached hydrogens (tertiary/aromatic N) is 3. The van der Waals surface area contributed by atoms with E-state index in [9.17, 15) is 22.8 Å². The highest BCUT2D eigenvalue weighted by Gasteiger charge is 2.51. The Morgan fingerprint density at radius 1 is 0.970 bits per heavy atom. The predicted molar refractivity (Wildman–Crippen MR) is 115 cm³/mol. The van der Waals surface area contributed by atoms with Crippen LogP contribution in [0.15, 0.2) is 72.9 Å². The topological polar surface area (TPSA) is 62.7 Å². The van der Waals surface area contributed by atoms with Crippen LogP contribution in [0, 0.1) is 0 Å². The third-order valence-electron chi connectivity index (χ3n) is 5.39. The van der Waals surface area contributed by atoms with E-state index in [1.165, 1.54) is 17.0 Å². The fourth-order valence-electron chi connectivity index (χ4n) is 3.65. The summed E-state index contributed by atoms with van der Waals surface area (Å²) in [6.45, 7) is 3.42. The van der Waals surface area contributed by atoms with E-state index in [2.05, 4.69) is 9.72 Å². The number of ether oxygens (including phenoxy) is 1. The van der Waals surface area contributed by atoms with Gasteiger partial charge in [-0.25, -0.2) is 9.69 Å². The summed E-state index contributed by atoms with van der Waals surface area (Å²) in [7, 11) is 0.